The molecule has 0 aliphatic heterocycles. The van der Waals surface area contributed by atoms with E-state index < -0.39 is 18.1 Å². The van der Waals surface area contributed by atoms with Crippen LogP contribution in [-0.2, 0) is 14.3 Å². The third-order valence-electron chi connectivity index (χ3n) is 3.32. The number of amides is 1. The molecule has 1 unspecified atom stereocenters. The maximum absolute atomic E-state index is 11.8. The van der Waals surface area contributed by atoms with Crippen LogP contribution in [-0.4, -0.2) is 31.3 Å². The molecule has 0 bridgehead atoms. The topological polar surface area (TPSA) is 64.6 Å². The van der Waals surface area contributed by atoms with Gasteiger partial charge in [0.1, 0.15) is 6.04 Å². The van der Waals surface area contributed by atoms with E-state index in [2.05, 4.69) is 12.2 Å². The normalized spacial score (nSPS) is 12.6. The van der Waals surface area contributed by atoms with Crippen molar-refractivity contribution < 1.29 is 19.1 Å². The minimum atomic E-state index is -0.688. The zero-order valence-electron chi connectivity index (χ0n) is 15.6. The summed E-state index contributed by atoms with van der Waals surface area (Å²) in [6.07, 6.45) is 7.63. The molecule has 1 N–H and O–H groups in total. The Balaban J connectivity index is 3.68. The average molecular weight is 329 g/mol. The van der Waals surface area contributed by atoms with Crippen LogP contribution in [0, 0.1) is 5.41 Å². The predicted octanol–water partition coefficient (Wildman–Crippen LogP) is 4.44. The van der Waals surface area contributed by atoms with Crippen molar-refractivity contribution in [3.05, 3.63) is 0 Å². The van der Waals surface area contributed by atoms with Gasteiger partial charge in [-0.2, -0.15) is 0 Å². The zero-order valence-corrected chi connectivity index (χ0v) is 15.6. The van der Waals surface area contributed by atoms with Crippen molar-refractivity contribution >= 4 is 12.1 Å². The minimum Gasteiger partial charge on any atom is -0.464 e. The lowest BCUT2D eigenvalue weighted by atomic mass is 9.99. The highest BCUT2D eigenvalue weighted by molar-refractivity contribution is 5.80. The Morgan fingerprint density at radius 3 is 2.09 bits per heavy atom. The lowest BCUT2D eigenvalue weighted by Gasteiger charge is -2.19. The smallest absolute Gasteiger partial charge is 0.407 e. The van der Waals surface area contributed by atoms with Gasteiger partial charge in [-0.05, 0) is 18.8 Å². The second-order valence-corrected chi connectivity index (χ2v) is 7.29. The summed E-state index contributed by atoms with van der Waals surface area (Å²) in [5.41, 5.74) is -0.0990. The number of carbonyl (C=O) groups is 2. The highest BCUT2D eigenvalue weighted by Gasteiger charge is 2.19. The van der Waals surface area contributed by atoms with Crippen molar-refractivity contribution in [2.45, 2.75) is 85.6 Å². The van der Waals surface area contributed by atoms with Crippen molar-refractivity contribution in [2.75, 3.05) is 13.2 Å². The highest BCUT2D eigenvalue weighted by Crippen LogP contribution is 2.12. The van der Waals surface area contributed by atoms with Crippen molar-refractivity contribution in [3.8, 4) is 0 Å². The van der Waals surface area contributed by atoms with Crippen molar-refractivity contribution in [3.63, 3.8) is 0 Å². The van der Waals surface area contributed by atoms with Gasteiger partial charge in [-0.3, -0.25) is 0 Å². The summed E-state index contributed by atoms with van der Waals surface area (Å²) in [4.78, 5) is 23.3. The Hall–Kier alpha value is -1.26. The zero-order chi connectivity index (χ0) is 17.7. The number of alkyl carbamates (subject to hydrolysis) is 1. The maximum atomic E-state index is 11.8. The molecule has 23 heavy (non-hydrogen) atoms. The fourth-order valence-electron chi connectivity index (χ4n) is 1.92. The number of hydrogen-bond donors (Lipinski definition) is 1. The Morgan fingerprint density at radius 1 is 0.957 bits per heavy atom. The van der Waals surface area contributed by atoms with Gasteiger partial charge in [0.25, 0.3) is 0 Å². The molecule has 5 nitrogen and oxygen atoms in total. The molecule has 0 aliphatic carbocycles. The van der Waals surface area contributed by atoms with Crippen LogP contribution in [0.1, 0.15) is 79.6 Å². The van der Waals surface area contributed by atoms with Gasteiger partial charge < -0.3 is 14.8 Å². The quantitative estimate of drug-likeness (QED) is 0.449. The number of esters is 1. The molecular formula is C18H35NO4. The second kappa shape index (κ2) is 12.2. The lowest BCUT2D eigenvalue weighted by molar-refractivity contribution is -0.145. The van der Waals surface area contributed by atoms with Crippen LogP contribution in [0.25, 0.3) is 0 Å². The predicted molar refractivity (Wildman–Crippen MR) is 92.4 cm³/mol. The molecule has 136 valence electrons. The third-order valence-corrected chi connectivity index (χ3v) is 3.32. The third kappa shape index (κ3) is 14.1. The van der Waals surface area contributed by atoms with Crippen LogP contribution in [0.5, 0.6) is 0 Å². The monoisotopic (exact) mass is 329 g/mol. The number of ether oxygens (including phenoxy) is 2. The first-order chi connectivity index (χ1) is 10.8. The molecule has 0 aromatic carbocycles. The summed E-state index contributed by atoms with van der Waals surface area (Å²) in [5.74, 6) is -0.413. The van der Waals surface area contributed by atoms with Gasteiger partial charge in [-0.15, -0.1) is 0 Å². The molecule has 0 aliphatic rings. The van der Waals surface area contributed by atoms with Gasteiger partial charge in [-0.1, -0.05) is 66.2 Å². The van der Waals surface area contributed by atoms with Crippen molar-refractivity contribution in [2.24, 2.45) is 5.41 Å². The average Bonchev–Trinajstić information content (AvgIpc) is 2.47. The summed E-state index contributed by atoms with van der Waals surface area (Å²) < 4.78 is 10.2. The van der Waals surface area contributed by atoms with Gasteiger partial charge in [0.2, 0.25) is 0 Å². The Kier molecular flexibility index (Phi) is 11.5. The summed E-state index contributed by atoms with van der Waals surface area (Å²) in [5, 5.41) is 2.49. The van der Waals surface area contributed by atoms with E-state index in [-0.39, 0.29) is 5.41 Å². The maximum Gasteiger partial charge on any atom is 0.407 e. The van der Waals surface area contributed by atoms with Crippen LogP contribution in [0.3, 0.4) is 0 Å². The first-order valence-electron chi connectivity index (χ1n) is 8.86. The Bertz CT molecular complexity index is 336. The number of hydrogen-bond acceptors (Lipinski definition) is 4. The van der Waals surface area contributed by atoms with E-state index in [1.165, 1.54) is 32.1 Å². The number of nitrogens with one attached hydrogen (secondary N) is 1. The van der Waals surface area contributed by atoms with E-state index in [4.69, 9.17) is 9.47 Å². The van der Waals surface area contributed by atoms with E-state index in [1.54, 1.807) is 6.92 Å². The first-order valence-corrected chi connectivity index (χ1v) is 8.86. The first kappa shape index (κ1) is 21.7. The van der Waals surface area contributed by atoms with Gasteiger partial charge >= 0.3 is 12.1 Å². The molecule has 0 fully saturated rings. The molecular weight excluding hydrogens is 294 g/mol. The van der Waals surface area contributed by atoms with Crippen LogP contribution >= 0.6 is 0 Å². The Labute approximate surface area is 141 Å². The SMILES string of the molecule is CCCCCCCCCOC(=O)C(C)NC(=O)OCC(C)(C)C. The summed E-state index contributed by atoms with van der Waals surface area (Å²) in [7, 11) is 0. The van der Waals surface area contributed by atoms with Crippen LogP contribution < -0.4 is 5.32 Å². The molecule has 1 atom stereocenters. The number of unbranched alkanes of at least 4 members (excludes halogenated alkanes) is 6. The van der Waals surface area contributed by atoms with E-state index >= 15 is 0 Å². The van der Waals surface area contributed by atoms with Crippen molar-refractivity contribution in [1.82, 2.24) is 5.32 Å². The van der Waals surface area contributed by atoms with Crippen LogP contribution in [0.2, 0.25) is 0 Å². The fraction of sp³-hybridized carbons (Fsp3) is 0.889. The molecule has 0 radical (unpaired) electrons. The molecule has 0 heterocycles. The molecule has 0 spiro atoms. The molecule has 1 amide bonds. The van der Waals surface area contributed by atoms with Crippen LogP contribution in [0.4, 0.5) is 4.79 Å². The standard InChI is InChI=1S/C18H35NO4/c1-6-7-8-9-10-11-12-13-22-16(20)15(2)19-17(21)23-14-18(3,4)5/h15H,6-14H2,1-5H3,(H,19,21). The molecule has 0 saturated carbocycles. The van der Waals surface area contributed by atoms with Gasteiger partial charge in [0.05, 0.1) is 13.2 Å². The lowest BCUT2D eigenvalue weighted by Crippen LogP contribution is -2.40. The largest absolute Gasteiger partial charge is 0.464 e. The Morgan fingerprint density at radius 2 is 1.52 bits per heavy atom. The number of rotatable bonds is 11. The van der Waals surface area contributed by atoms with Gasteiger partial charge in [-0.25, -0.2) is 9.59 Å². The summed E-state index contributed by atoms with van der Waals surface area (Å²) in [6.45, 7) is 10.4. The van der Waals surface area contributed by atoms with Gasteiger partial charge in [0.15, 0.2) is 0 Å². The number of carbonyl (C=O) groups excluding carboxylic acids is 2. The summed E-state index contributed by atoms with van der Waals surface area (Å²) in [6, 6.07) is -0.688. The highest BCUT2D eigenvalue weighted by atomic mass is 16.6. The molecule has 5 heteroatoms. The summed E-state index contributed by atoms with van der Waals surface area (Å²) >= 11 is 0. The van der Waals surface area contributed by atoms with Gasteiger partial charge in [0, 0.05) is 0 Å². The van der Waals surface area contributed by atoms with E-state index in [9.17, 15) is 9.59 Å². The second-order valence-electron chi connectivity index (χ2n) is 7.29. The van der Waals surface area contributed by atoms with Crippen molar-refractivity contribution in [1.29, 1.82) is 0 Å². The van der Waals surface area contributed by atoms with E-state index in [0.717, 1.165) is 12.8 Å². The molecule has 0 aromatic heterocycles. The fourth-order valence-corrected chi connectivity index (χ4v) is 1.92. The minimum absolute atomic E-state index is 0.0990. The molecule has 0 saturated heterocycles. The van der Waals surface area contributed by atoms with E-state index in [0.29, 0.717) is 13.2 Å². The van der Waals surface area contributed by atoms with E-state index in [1.807, 2.05) is 20.8 Å². The molecule has 0 aromatic rings. The van der Waals surface area contributed by atoms with Crippen LogP contribution in [0.15, 0.2) is 0 Å². The molecule has 0 rings (SSSR count).